The highest BCUT2D eigenvalue weighted by Gasteiger charge is 2.29. The second kappa shape index (κ2) is 3.93. The van der Waals surface area contributed by atoms with Gasteiger partial charge in [-0.05, 0) is 37.0 Å². The van der Waals surface area contributed by atoms with Gasteiger partial charge in [-0.3, -0.25) is 4.79 Å². The lowest BCUT2D eigenvalue weighted by atomic mass is 10.1. The smallest absolute Gasteiger partial charge is 0.309 e. The van der Waals surface area contributed by atoms with E-state index in [1.165, 1.54) is 0 Å². The third-order valence-electron chi connectivity index (χ3n) is 2.79. The number of benzene rings is 1. The van der Waals surface area contributed by atoms with Crippen molar-refractivity contribution in [3.8, 4) is 5.75 Å². The Labute approximate surface area is 88.7 Å². The van der Waals surface area contributed by atoms with Crippen molar-refractivity contribution in [2.75, 3.05) is 6.61 Å². The van der Waals surface area contributed by atoms with Crippen LogP contribution < -0.4 is 0 Å². The number of hydrogen-bond donors (Lipinski definition) is 1. The fraction of sp³-hybridized carbons (Fsp3) is 0.417. The lowest BCUT2D eigenvalue weighted by Crippen LogP contribution is -2.17. The minimum atomic E-state index is -0.159. The molecule has 0 aromatic heterocycles. The van der Waals surface area contributed by atoms with E-state index in [1.54, 1.807) is 13.0 Å². The molecular weight excluding hydrogens is 192 g/mol. The van der Waals surface area contributed by atoms with Crippen LogP contribution in [-0.2, 0) is 22.4 Å². The maximum atomic E-state index is 11.5. The summed E-state index contributed by atoms with van der Waals surface area (Å²) in [5, 5.41) is 9.61. The normalized spacial score (nSPS) is 18.6. The first-order valence-electron chi connectivity index (χ1n) is 5.18. The van der Waals surface area contributed by atoms with Crippen LogP contribution in [0.2, 0.25) is 0 Å². The predicted molar refractivity (Wildman–Crippen MR) is 55.6 cm³/mol. The molecule has 15 heavy (non-hydrogen) atoms. The first-order chi connectivity index (χ1) is 7.22. The van der Waals surface area contributed by atoms with Gasteiger partial charge in [0.15, 0.2) is 0 Å². The molecule has 1 unspecified atom stereocenters. The molecule has 1 N–H and O–H groups in total. The molecule has 0 saturated heterocycles. The molecule has 1 aromatic rings. The highest BCUT2D eigenvalue weighted by Crippen LogP contribution is 2.33. The lowest BCUT2D eigenvalue weighted by Gasteiger charge is -2.07. The Morgan fingerprint density at radius 2 is 2.33 bits per heavy atom. The summed E-state index contributed by atoms with van der Waals surface area (Å²) in [5.41, 5.74) is 1.96. The predicted octanol–water partition coefficient (Wildman–Crippen LogP) is 1.67. The molecule has 0 fully saturated rings. The zero-order chi connectivity index (χ0) is 10.8. The highest BCUT2D eigenvalue weighted by molar-refractivity contribution is 5.75. The molecule has 0 amide bonds. The Morgan fingerprint density at radius 1 is 1.53 bits per heavy atom. The van der Waals surface area contributed by atoms with Crippen molar-refractivity contribution >= 4 is 5.97 Å². The summed E-state index contributed by atoms with van der Waals surface area (Å²) >= 11 is 0. The van der Waals surface area contributed by atoms with Gasteiger partial charge in [-0.15, -0.1) is 0 Å². The minimum Gasteiger partial charge on any atom is -0.508 e. The van der Waals surface area contributed by atoms with Crippen molar-refractivity contribution in [3.63, 3.8) is 0 Å². The fourth-order valence-electron chi connectivity index (χ4n) is 2.06. The number of esters is 1. The summed E-state index contributed by atoms with van der Waals surface area (Å²) in [5.74, 6) is 0.0145. The molecule has 1 aromatic carbocycles. The van der Waals surface area contributed by atoms with E-state index >= 15 is 0 Å². The second-order valence-corrected chi connectivity index (χ2v) is 3.77. The van der Waals surface area contributed by atoms with E-state index in [-0.39, 0.29) is 11.9 Å². The average Bonchev–Trinajstić information content (AvgIpc) is 2.63. The first kappa shape index (κ1) is 10.0. The molecule has 1 aliphatic carbocycles. The van der Waals surface area contributed by atoms with Gasteiger partial charge >= 0.3 is 5.97 Å². The summed E-state index contributed by atoms with van der Waals surface area (Å²) in [7, 11) is 0. The zero-order valence-corrected chi connectivity index (χ0v) is 8.69. The Balaban J connectivity index is 2.15. The van der Waals surface area contributed by atoms with Crippen molar-refractivity contribution in [2.45, 2.75) is 19.8 Å². The molecule has 0 heterocycles. The summed E-state index contributed by atoms with van der Waals surface area (Å²) in [6.07, 6.45) is 1.28. The molecule has 80 valence electrons. The van der Waals surface area contributed by atoms with Gasteiger partial charge in [0.25, 0.3) is 0 Å². The third kappa shape index (κ3) is 1.82. The molecule has 2 rings (SSSR count). The van der Waals surface area contributed by atoms with Crippen LogP contribution >= 0.6 is 0 Å². The number of carbonyl (C=O) groups is 1. The topological polar surface area (TPSA) is 46.5 Å². The van der Waals surface area contributed by atoms with Gasteiger partial charge in [-0.25, -0.2) is 0 Å². The van der Waals surface area contributed by atoms with Gasteiger partial charge in [0.2, 0.25) is 0 Å². The molecule has 1 aliphatic rings. The van der Waals surface area contributed by atoms with Crippen molar-refractivity contribution in [1.82, 2.24) is 0 Å². The minimum absolute atomic E-state index is 0.117. The maximum Gasteiger partial charge on any atom is 0.309 e. The monoisotopic (exact) mass is 206 g/mol. The summed E-state index contributed by atoms with van der Waals surface area (Å²) in [4.78, 5) is 11.5. The van der Waals surface area contributed by atoms with Crippen LogP contribution in [0.15, 0.2) is 18.2 Å². The Kier molecular flexibility index (Phi) is 2.62. The van der Waals surface area contributed by atoms with Crippen molar-refractivity contribution in [3.05, 3.63) is 29.3 Å². The van der Waals surface area contributed by atoms with E-state index < -0.39 is 0 Å². The van der Waals surface area contributed by atoms with Crippen molar-refractivity contribution in [1.29, 1.82) is 0 Å². The average molecular weight is 206 g/mol. The Morgan fingerprint density at radius 3 is 3.00 bits per heavy atom. The number of hydrogen-bond acceptors (Lipinski definition) is 3. The van der Waals surface area contributed by atoms with Crippen LogP contribution in [0.5, 0.6) is 5.75 Å². The summed E-state index contributed by atoms with van der Waals surface area (Å²) in [6, 6.07) is 5.42. The second-order valence-electron chi connectivity index (χ2n) is 3.77. The number of rotatable bonds is 2. The van der Waals surface area contributed by atoms with Gasteiger partial charge in [0, 0.05) is 0 Å². The molecule has 3 heteroatoms. The van der Waals surface area contributed by atoms with E-state index in [0.717, 1.165) is 11.1 Å². The number of phenols is 1. The standard InChI is InChI=1S/C12H14O3/c1-2-15-12(14)9-6-8-4-3-5-11(13)10(8)7-9/h3-5,9,13H,2,6-7H2,1H3. The number of carbonyl (C=O) groups excluding carboxylic acids is 1. The summed E-state index contributed by atoms with van der Waals surface area (Å²) < 4.78 is 4.98. The van der Waals surface area contributed by atoms with E-state index in [1.807, 2.05) is 12.1 Å². The van der Waals surface area contributed by atoms with Gasteiger partial charge < -0.3 is 9.84 Å². The number of phenolic OH excluding ortho intramolecular Hbond substituents is 1. The third-order valence-corrected chi connectivity index (χ3v) is 2.79. The number of fused-ring (bicyclic) bond motifs is 1. The largest absolute Gasteiger partial charge is 0.508 e. The molecular formula is C12H14O3. The van der Waals surface area contributed by atoms with Crippen molar-refractivity contribution in [2.24, 2.45) is 5.92 Å². The van der Waals surface area contributed by atoms with Gasteiger partial charge in [0.05, 0.1) is 12.5 Å². The fourth-order valence-corrected chi connectivity index (χ4v) is 2.06. The molecule has 1 atom stereocenters. The Hall–Kier alpha value is -1.51. The van der Waals surface area contributed by atoms with E-state index in [9.17, 15) is 9.90 Å². The van der Waals surface area contributed by atoms with Gasteiger partial charge in [0.1, 0.15) is 5.75 Å². The van der Waals surface area contributed by atoms with Crippen LogP contribution in [0.3, 0.4) is 0 Å². The highest BCUT2D eigenvalue weighted by atomic mass is 16.5. The van der Waals surface area contributed by atoms with Gasteiger partial charge in [-0.1, -0.05) is 12.1 Å². The van der Waals surface area contributed by atoms with Crippen LogP contribution in [0, 0.1) is 5.92 Å². The van der Waals surface area contributed by atoms with E-state index in [0.29, 0.717) is 25.2 Å². The van der Waals surface area contributed by atoms with Crippen molar-refractivity contribution < 1.29 is 14.6 Å². The van der Waals surface area contributed by atoms with Crippen LogP contribution in [0.25, 0.3) is 0 Å². The number of ether oxygens (including phenoxy) is 1. The molecule has 0 spiro atoms. The van der Waals surface area contributed by atoms with Crippen LogP contribution in [0.4, 0.5) is 0 Å². The lowest BCUT2D eigenvalue weighted by molar-refractivity contribution is -0.147. The van der Waals surface area contributed by atoms with Gasteiger partial charge in [-0.2, -0.15) is 0 Å². The SMILES string of the molecule is CCOC(=O)C1Cc2cccc(O)c2C1. The number of aromatic hydroxyl groups is 1. The maximum absolute atomic E-state index is 11.5. The summed E-state index contributed by atoms with van der Waals surface area (Å²) in [6.45, 7) is 2.22. The molecule has 0 bridgehead atoms. The molecule has 3 nitrogen and oxygen atoms in total. The molecule has 0 aliphatic heterocycles. The molecule has 0 radical (unpaired) electrons. The Bertz CT molecular complexity index is 384. The van der Waals surface area contributed by atoms with Crippen LogP contribution in [0.1, 0.15) is 18.1 Å². The molecule has 0 saturated carbocycles. The van der Waals surface area contributed by atoms with Crippen LogP contribution in [-0.4, -0.2) is 17.7 Å². The van der Waals surface area contributed by atoms with E-state index in [2.05, 4.69) is 0 Å². The first-order valence-corrected chi connectivity index (χ1v) is 5.18. The van der Waals surface area contributed by atoms with E-state index in [4.69, 9.17) is 4.74 Å². The quantitative estimate of drug-likeness (QED) is 0.749. The zero-order valence-electron chi connectivity index (χ0n) is 8.69.